The monoisotopic (exact) mass is 253 g/mol. The first-order valence-corrected chi connectivity index (χ1v) is 5.23. The van der Waals surface area contributed by atoms with Crippen molar-refractivity contribution in [1.82, 2.24) is 15.1 Å². The summed E-state index contributed by atoms with van der Waals surface area (Å²) in [4.78, 5) is 22.6. The molecule has 0 radical (unpaired) electrons. The van der Waals surface area contributed by atoms with Crippen LogP contribution in [0.3, 0.4) is 0 Å². The van der Waals surface area contributed by atoms with Crippen LogP contribution in [0.5, 0.6) is 0 Å². The fourth-order valence-electron chi connectivity index (χ4n) is 1.25. The number of ether oxygens (including phenoxy) is 1. The molecule has 1 atom stereocenters. The van der Waals surface area contributed by atoms with Crippen molar-refractivity contribution in [3.8, 4) is 0 Å². The predicted octanol–water partition coefficient (Wildman–Crippen LogP) is -0.917. The van der Waals surface area contributed by atoms with E-state index in [2.05, 4.69) is 15.2 Å². The van der Waals surface area contributed by atoms with Crippen LogP contribution in [0.1, 0.15) is 5.69 Å². The average Bonchev–Trinajstić information content (AvgIpc) is 2.78. The van der Waals surface area contributed by atoms with E-state index in [0.29, 0.717) is 0 Å². The summed E-state index contributed by atoms with van der Waals surface area (Å²) in [6.07, 6.45) is 4.40. The highest BCUT2D eigenvalue weighted by Crippen LogP contribution is 1.99. The van der Waals surface area contributed by atoms with E-state index in [4.69, 9.17) is 5.11 Å². The van der Waals surface area contributed by atoms with Crippen LogP contribution < -0.4 is 5.32 Å². The maximum Gasteiger partial charge on any atom is 0.330 e. The minimum absolute atomic E-state index is 0.499. The molecule has 98 valence electrons. The molecule has 0 spiro atoms. The van der Waals surface area contributed by atoms with E-state index >= 15 is 0 Å². The Morgan fingerprint density at radius 2 is 2.39 bits per heavy atom. The Kier molecular flexibility index (Phi) is 5.06. The van der Waals surface area contributed by atoms with Gasteiger partial charge in [0.15, 0.2) is 6.04 Å². The first kappa shape index (κ1) is 13.9. The molecule has 18 heavy (non-hydrogen) atoms. The molecule has 0 aliphatic heterocycles. The lowest BCUT2D eigenvalue weighted by Gasteiger charge is -2.11. The lowest BCUT2D eigenvalue weighted by molar-refractivity contribution is -0.145. The van der Waals surface area contributed by atoms with Crippen molar-refractivity contribution in [2.24, 2.45) is 7.05 Å². The first-order chi connectivity index (χ1) is 8.58. The third-order valence-electron chi connectivity index (χ3n) is 2.25. The summed E-state index contributed by atoms with van der Waals surface area (Å²) in [6.45, 7) is -0.516. The van der Waals surface area contributed by atoms with E-state index < -0.39 is 24.5 Å². The highest BCUT2D eigenvalue weighted by atomic mass is 16.5. The predicted molar refractivity (Wildman–Crippen MR) is 63.3 cm³/mol. The van der Waals surface area contributed by atoms with Gasteiger partial charge < -0.3 is 15.2 Å². The zero-order valence-corrected chi connectivity index (χ0v) is 10.2. The zero-order chi connectivity index (χ0) is 13.5. The van der Waals surface area contributed by atoms with Crippen molar-refractivity contribution >= 4 is 18.0 Å². The molecular weight excluding hydrogens is 238 g/mol. The molecule has 1 rings (SSSR count). The minimum atomic E-state index is -1.06. The average molecular weight is 253 g/mol. The smallest absolute Gasteiger partial charge is 0.330 e. The van der Waals surface area contributed by atoms with Crippen LogP contribution in [0.25, 0.3) is 6.08 Å². The van der Waals surface area contributed by atoms with Crippen molar-refractivity contribution in [1.29, 1.82) is 0 Å². The Morgan fingerprint density at radius 3 is 2.89 bits per heavy atom. The minimum Gasteiger partial charge on any atom is -0.467 e. The van der Waals surface area contributed by atoms with Crippen LogP contribution in [0, 0.1) is 0 Å². The van der Waals surface area contributed by atoms with E-state index in [-0.39, 0.29) is 0 Å². The highest BCUT2D eigenvalue weighted by Gasteiger charge is 2.19. The van der Waals surface area contributed by atoms with Gasteiger partial charge in [0.25, 0.3) is 0 Å². The second-order valence-corrected chi connectivity index (χ2v) is 3.48. The molecule has 7 nitrogen and oxygen atoms in total. The van der Waals surface area contributed by atoms with Gasteiger partial charge in [-0.2, -0.15) is 5.10 Å². The largest absolute Gasteiger partial charge is 0.467 e. The summed E-state index contributed by atoms with van der Waals surface area (Å²) in [6, 6.07) is 0.673. The van der Waals surface area contributed by atoms with Gasteiger partial charge in [0.1, 0.15) is 0 Å². The van der Waals surface area contributed by atoms with Gasteiger partial charge in [0.05, 0.1) is 19.4 Å². The van der Waals surface area contributed by atoms with Crippen LogP contribution in [0.4, 0.5) is 0 Å². The molecule has 0 aromatic carbocycles. The summed E-state index contributed by atoms with van der Waals surface area (Å²) in [7, 11) is 2.92. The normalized spacial score (nSPS) is 12.4. The molecule has 1 aromatic rings. The topological polar surface area (TPSA) is 93.4 Å². The van der Waals surface area contributed by atoms with Crippen LogP contribution in [0.2, 0.25) is 0 Å². The van der Waals surface area contributed by atoms with Crippen LogP contribution >= 0.6 is 0 Å². The molecule has 0 fully saturated rings. The van der Waals surface area contributed by atoms with Crippen LogP contribution in [-0.4, -0.2) is 46.5 Å². The van der Waals surface area contributed by atoms with Gasteiger partial charge in [-0.3, -0.25) is 9.48 Å². The fraction of sp³-hybridized carbons (Fsp3) is 0.364. The summed E-state index contributed by atoms with van der Waals surface area (Å²) >= 11 is 0. The van der Waals surface area contributed by atoms with Crippen LogP contribution in [-0.2, 0) is 21.4 Å². The number of rotatable bonds is 5. The van der Waals surface area contributed by atoms with Gasteiger partial charge in [-0.15, -0.1) is 0 Å². The second kappa shape index (κ2) is 6.55. The van der Waals surface area contributed by atoms with Gasteiger partial charge in [0, 0.05) is 19.3 Å². The van der Waals surface area contributed by atoms with Crippen molar-refractivity contribution in [2.45, 2.75) is 6.04 Å². The Bertz CT molecular complexity index is 453. The molecule has 1 heterocycles. The molecule has 0 saturated carbocycles. The van der Waals surface area contributed by atoms with E-state index in [1.54, 1.807) is 30.1 Å². The Hall–Kier alpha value is -2.15. The van der Waals surface area contributed by atoms with E-state index in [0.717, 1.165) is 5.69 Å². The highest BCUT2D eigenvalue weighted by molar-refractivity contribution is 5.94. The molecule has 1 unspecified atom stereocenters. The number of hydrogen-bond donors (Lipinski definition) is 2. The summed E-state index contributed by atoms with van der Waals surface area (Å²) in [5, 5.41) is 15.2. The van der Waals surface area contributed by atoms with E-state index in [9.17, 15) is 9.59 Å². The number of amides is 1. The van der Waals surface area contributed by atoms with Crippen molar-refractivity contribution in [3.63, 3.8) is 0 Å². The lowest BCUT2D eigenvalue weighted by atomic mass is 10.3. The maximum absolute atomic E-state index is 11.5. The van der Waals surface area contributed by atoms with Gasteiger partial charge in [-0.25, -0.2) is 4.79 Å². The summed E-state index contributed by atoms with van der Waals surface area (Å²) in [5.74, 6) is -1.19. The van der Waals surface area contributed by atoms with E-state index in [1.807, 2.05) is 0 Å². The number of nitrogens with one attached hydrogen (secondary N) is 1. The second-order valence-electron chi connectivity index (χ2n) is 3.48. The van der Waals surface area contributed by atoms with Gasteiger partial charge in [-0.1, -0.05) is 0 Å². The van der Waals surface area contributed by atoms with Crippen molar-refractivity contribution < 1.29 is 19.4 Å². The fourth-order valence-corrected chi connectivity index (χ4v) is 1.25. The molecule has 0 aliphatic carbocycles. The first-order valence-electron chi connectivity index (χ1n) is 5.23. The number of methoxy groups -OCH3 is 1. The third kappa shape index (κ3) is 3.70. The molecule has 0 aliphatic rings. The summed E-state index contributed by atoms with van der Waals surface area (Å²) in [5.41, 5.74) is 0.740. The third-order valence-corrected chi connectivity index (χ3v) is 2.25. The molecule has 1 aromatic heterocycles. The number of carbonyl (C=O) groups is 2. The van der Waals surface area contributed by atoms with Gasteiger partial charge in [0.2, 0.25) is 5.91 Å². The Balaban J connectivity index is 2.58. The van der Waals surface area contributed by atoms with Gasteiger partial charge in [-0.05, 0) is 12.1 Å². The number of esters is 1. The summed E-state index contributed by atoms with van der Waals surface area (Å²) < 4.78 is 6.01. The van der Waals surface area contributed by atoms with E-state index in [1.165, 1.54) is 13.2 Å². The molecular formula is C11H15N3O4. The number of aromatic nitrogens is 2. The van der Waals surface area contributed by atoms with Crippen LogP contribution in [0.15, 0.2) is 18.3 Å². The maximum atomic E-state index is 11.5. The number of aliphatic hydroxyl groups excluding tert-OH is 1. The number of carbonyl (C=O) groups excluding carboxylic acids is 2. The molecule has 7 heteroatoms. The van der Waals surface area contributed by atoms with Gasteiger partial charge >= 0.3 is 5.97 Å². The molecule has 0 bridgehead atoms. The van der Waals surface area contributed by atoms with Crippen molar-refractivity contribution in [2.75, 3.05) is 13.7 Å². The lowest BCUT2D eigenvalue weighted by Crippen LogP contribution is -2.43. The Morgan fingerprint density at radius 1 is 1.67 bits per heavy atom. The standard InChI is InChI=1S/C11H15N3O4/c1-14-8(5-6-12-14)3-4-10(16)13-9(7-15)11(17)18-2/h3-6,9,15H,7H2,1-2H3,(H,13,16)/b4-3+. The SMILES string of the molecule is COC(=O)C(CO)NC(=O)/C=C/c1ccnn1C. The molecule has 1 amide bonds. The molecule has 0 saturated heterocycles. The number of nitrogens with zero attached hydrogens (tertiary/aromatic N) is 2. The molecule has 2 N–H and O–H groups in total. The Labute approximate surface area is 104 Å². The quantitative estimate of drug-likeness (QED) is 0.523. The van der Waals surface area contributed by atoms with Crippen molar-refractivity contribution in [3.05, 3.63) is 24.0 Å². The number of aliphatic hydroxyl groups is 1. The zero-order valence-electron chi connectivity index (χ0n) is 10.2. The number of hydrogen-bond acceptors (Lipinski definition) is 5. The number of aryl methyl sites for hydroxylation is 1.